The molecule has 0 aliphatic rings. The van der Waals surface area contributed by atoms with Gasteiger partial charge in [0.25, 0.3) is 0 Å². The maximum Gasteiger partial charge on any atom is 0.231 e. The summed E-state index contributed by atoms with van der Waals surface area (Å²) in [6, 6.07) is 6.73. The number of carbonyl (C=O) groups is 2. The number of aliphatic hydroxyl groups is 1. The standard InChI is InChI=1S/C12H18N4O3/c13-9-3-1-2-8(4-9)10(17)5-16(6-11(14)18)7-12(15)19/h1-4,10,17H,5-7,13H2,(H2,14,18)(H2,15,19). The number of primary amides is 2. The topological polar surface area (TPSA) is 136 Å². The summed E-state index contributed by atoms with van der Waals surface area (Å²) in [5.41, 5.74) is 16.9. The number of nitrogen functional groups attached to an aromatic ring is 1. The zero-order chi connectivity index (χ0) is 14.4. The van der Waals surface area contributed by atoms with Crippen LogP contribution in [0.2, 0.25) is 0 Å². The smallest absolute Gasteiger partial charge is 0.231 e. The minimum atomic E-state index is -0.887. The first-order valence-electron chi connectivity index (χ1n) is 5.71. The highest BCUT2D eigenvalue weighted by Gasteiger charge is 2.17. The number of hydrogen-bond acceptors (Lipinski definition) is 5. The van der Waals surface area contributed by atoms with Crippen LogP contribution in [-0.4, -0.2) is 41.5 Å². The van der Waals surface area contributed by atoms with Gasteiger partial charge in [-0.25, -0.2) is 0 Å². The fourth-order valence-electron chi connectivity index (χ4n) is 1.74. The van der Waals surface area contributed by atoms with Gasteiger partial charge in [-0.1, -0.05) is 12.1 Å². The van der Waals surface area contributed by atoms with Gasteiger partial charge in [-0.2, -0.15) is 0 Å². The lowest BCUT2D eigenvalue weighted by atomic mass is 10.1. The molecule has 0 aliphatic heterocycles. The van der Waals surface area contributed by atoms with Gasteiger partial charge in [0, 0.05) is 12.2 Å². The van der Waals surface area contributed by atoms with Crippen molar-refractivity contribution in [3.05, 3.63) is 29.8 Å². The molecule has 1 rings (SSSR count). The average Bonchev–Trinajstić information content (AvgIpc) is 2.26. The number of nitrogens with zero attached hydrogens (tertiary/aromatic N) is 1. The summed E-state index contributed by atoms with van der Waals surface area (Å²) in [4.78, 5) is 23.2. The maximum atomic E-state index is 10.9. The van der Waals surface area contributed by atoms with Crippen LogP contribution in [0.15, 0.2) is 24.3 Å². The van der Waals surface area contributed by atoms with Gasteiger partial charge in [-0.15, -0.1) is 0 Å². The van der Waals surface area contributed by atoms with Crippen LogP contribution >= 0.6 is 0 Å². The highest BCUT2D eigenvalue weighted by molar-refractivity contribution is 5.79. The van der Waals surface area contributed by atoms with Crippen molar-refractivity contribution in [2.75, 3.05) is 25.4 Å². The third kappa shape index (κ3) is 5.36. The second-order valence-corrected chi connectivity index (χ2v) is 4.29. The number of anilines is 1. The van der Waals surface area contributed by atoms with Crippen molar-refractivity contribution in [1.29, 1.82) is 0 Å². The molecular weight excluding hydrogens is 248 g/mol. The zero-order valence-electron chi connectivity index (χ0n) is 10.5. The molecule has 0 fully saturated rings. The lowest BCUT2D eigenvalue weighted by molar-refractivity contribution is -0.122. The SMILES string of the molecule is NC(=O)CN(CC(N)=O)CC(O)c1cccc(N)c1. The third-order valence-electron chi connectivity index (χ3n) is 2.49. The van der Waals surface area contributed by atoms with Crippen LogP contribution in [0.25, 0.3) is 0 Å². The summed E-state index contributed by atoms with van der Waals surface area (Å²) in [7, 11) is 0. The first-order valence-corrected chi connectivity index (χ1v) is 5.71. The van der Waals surface area contributed by atoms with Gasteiger partial charge in [0.1, 0.15) is 0 Å². The van der Waals surface area contributed by atoms with Crippen molar-refractivity contribution >= 4 is 17.5 Å². The number of hydrogen-bond donors (Lipinski definition) is 4. The summed E-state index contributed by atoms with van der Waals surface area (Å²) in [5, 5.41) is 10.0. The summed E-state index contributed by atoms with van der Waals surface area (Å²) in [6.45, 7) is -0.236. The second-order valence-electron chi connectivity index (χ2n) is 4.29. The van der Waals surface area contributed by atoms with E-state index in [9.17, 15) is 14.7 Å². The molecule has 19 heavy (non-hydrogen) atoms. The third-order valence-corrected chi connectivity index (χ3v) is 2.49. The Balaban J connectivity index is 2.72. The normalized spacial score (nSPS) is 12.3. The average molecular weight is 266 g/mol. The minimum Gasteiger partial charge on any atom is -0.399 e. The molecule has 0 bridgehead atoms. The molecule has 0 saturated heterocycles. The van der Waals surface area contributed by atoms with Crippen molar-refractivity contribution in [1.82, 2.24) is 4.90 Å². The molecule has 0 spiro atoms. The molecule has 0 heterocycles. The van der Waals surface area contributed by atoms with Crippen LogP contribution < -0.4 is 17.2 Å². The Morgan fingerprint density at radius 1 is 1.21 bits per heavy atom. The minimum absolute atomic E-state index is 0.0648. The van der Waals surface area contributed by atoms with Crippen LogP contribution in [0.1, 0.15) is 11.7 Å². The Morgan fingerprint density at radius 3 is 2.26 bits per heavy atom. The van der Waals surface area contributed by atoms with E-state index in [2.05, 4.69) is 0 Å². The molecule has 2 amide bonds. The molecular formula is C12H18N4O3. The monoisotopic (exact) mass is 266 g/mol. The Bertz CT molecular complexity index is 448. The van der Waals surface area contributed by atoms with Gasteiger partial charge < -0.3 is 22.3 Å². The van der Waals surface area contributed by atoms with E-state index in [1.807, 2.05) is 0 Å². The summed E-state index contributed by atoms with van der Waals surface area (Å²) < 4.78 is 0. The molecule has 1 aromatic carbocycles. The number of carbonyl (C=O) groups excluding carboxylic acids is 2. The van der Waals surface area contributed by atoms with Gasteiger partial charge >= 0.3 is 0 Å². The van der Waals surface area contributed by atoms with Crippen LogP contribution in [-0.2, 0) is 9.59 Å². The summed E-state index contributed by atoms with van der Waals surface area (Å²) in [6.07, 6.45) is -0.887. The van der Waals surface area contributed by atoms with Crippen LogP contribution in [0.3, 0.4) is 0 Å². The van der Waals surface area contributed by atoms with E-state index >= 15 is 0 Å². The fraction of sp³-hybridized carbons (Fsp3) is 0.333. The predicted molar refractivity (Wildman–Crippen MR) is 70.6 cm³/mol. The summed E-state index contributed by atoms with van der Waals surface area (Å²) in [5.74, 6) is -1.19. The van der Waals surface area contributed by atoms with Crippen molar-refractivity contribution in [3.63, 3.8) is 0 Å². The van der Waals surface area contributed by atoms with E-state index in [1.54, 1.807) is 24.3 Å². The molecule has 104 valence electrons. The Hall–Kier alpha value is -2.12. The van der Waals surface area contributed by atoms with Crippen molar-refractivity contribution < 1.29 is 14.7 Å². The maximum absolute atomic E-state index is 10.9. The van der Waals surface area contributed by atoms with E-state index in [4.69, 9.17) is 17.2 Å². The number of nitrogens with two attached hydrogens (primary N) is 3. The van der Waals surface area contributed by atoms with Crippen LogP contribution in [0.4, 0.5) is 5.69 Å². The molecule has 0 aliphatic carbocycles. The Labute approximate surface area is 111 Å². The zero-order valence-corrected chi connectivity index (χ0v) is 10.5. The van der Waals surface area contributed by atoms with Gasteiger partial charge in [-0.3, -0.25) is 14.5 Å². The van der Waals surface area contributed by atoms with E-state index in [1.165, 1.54) is 4.90 Å². The van der Waals surface area contributed by atoms with Gasteiger partial charge in [0.15, 0.2) is 0 Å². The highest BCUT2D eigenvalue weighted by atomic mass is 16.3. The molecule has 7 N–H and O–H groups in total. The first-order chi connectivity index (χ1) is 8.88. The quantitative estimate of drug-likeness (QED) is 0.449. The van der Waals surface area contributed by atoms with Crippen LogP contribution in [0, 0.1) is 0 Å². The number of amides is 2. The molecule has 1 unspecified atom stereocenters. The molecule has 7 heteroatoms. The molecule has 1 aromatic rings. The summed E-state index contributed by atoms with van der Waals surface area (Å²) >= 11 is 0. The lowest BCUT2D eigenvalue weighted by Gasteiger charge is -2.22. The lowest BCUT2D eigenvalue weighted by Crippen LogP contribution is -2.41. The number of aliphatic hydroxyl groups excluding tert-OH is 1. The van der Waals surface area contributed by atoms with Crippen molar-refractivity contribution in [2.24, 2.45) is 11.5 Å². The van der Waals surface area contributed by atoms with Crippen LogP contribution in [0.5, 0.6) is 0 Å². The Kier molecular flexibility index (Phi) is 5.28. The van der Waals surface area contributed by atoms with Gasteiger partial charge in [0.05, 0.1) is 19.2 Å². The molecule has 0 aromatic heterocycles. The molecule has 7 nitrogen and oxygen atoms in total. The number of benzene rings is 1. The molecule has 0 saturated carbocycles. The van der Waals surface area contributed by atoms with E-state index in [0.717, 1.165) is 0 Å². The molecule has 1 atom stereocenters. The molecule has 0 radical (unpaired) electrons. The predicted octanol–water partition coefficient (Wildman–Crippen LogP) is -1.43. The number of rotatable bonds is 7. The van der Waals surface area contributed by atoms with E-state index in [-0.39, 0.29) is 19.6 Å². The largest absolute Gasteiger partial charge is 0.399 e. The van der Waals surface area contributed by atoms with Crippen molar-refractivity contribution in [3.8, 4) is 0 Å². The van der Waals surface area contributed by atoms with Gasteiger partial charge in [0.2, 0.25) is 11.8 Å². The van der Waals surface area contributed by atoms with Gasteiger partial charge in [-0.05, 0) is 17.7 Å². The Morgan fingerprint density at radius 2 is 1.79 bits per heavy atom. The van der Waals surface area contributed by atoms with E-state index < -0.39 is 17.9 Å². The van der Waals surface area contributed by atoms with E-state index in [0.29, 0.717) is 11.3 Å². The fourth-order valence-corrected chi connectivity index (χ4v) is 1.74. The highest BCUT2D eigenvalue weighted by Crippen LogP contribution is 2.16. The van der Waals surface area contributed by atoms with Crippen molar-refractivity contribution in [2.45, 2.75) is 6.10 Å². The first kappa shape index (κ1) is 14.9. The second kappa shape index (κ2) is 6.72.